The molecule has 1 aliphatic carbocycles. The quantitative estimate of drug-likeness (QED) is 0.692. The molecule has 0 saturated heterocycles. The molecule has 0 spiro atoms. The summed E-state index contributed by atoms with van der Waals surface area (Å²) in [5.41, 5.74) is -0.494. The van der Waals surface area contributed by atoms with Crippen LogP contribution >= 0.6 is 12.2 Å². The van der Waals surface area contributed by atoms with Crippen molar-refractivity contribution in [1.29, 1.82) is 0 Å². The molecule has 0 aromatic carbocycles. The first-order valence-corrected chi connectivity index (χ1v) is 7.36. The lowest BCUT2D eigenvalue weighted by Gasteiger charge is -2.37. The van der Waals surface area contributed by atoms with E-state index >= 15 is 0 Å². The SMILES string of the molecule is CN(C)C(=S)N(C(=O)OC(C)(C)C)C1CCCCC1. The van der Waals surface area contributed by atoms with E-state index in [2.05, 4.69) is 0 Å². The second-order valence-corrected chi connectivity index (χ2v) is 6.68. The average molecular weight is 286 g/mol. The molecular formula is C14H26N2O2S. The third-order valence-corrected chi connectivity index (χ3v) is 3.68. The average Bonchev–Trinajstić information content (AvgIpc) is 2.28. The molecule has 4 nitrogen and oxygen atoms in total. The molecule has 1 aliphatic rings. The zero-order valence-electron chi connectivity index (χ0n) is 12.7. The molecule has 1 amide bonds. The van der Waals surface area contributed by atoms with Gasteiger partial charge in [0.2, 0.25) is 0 Å². The lowest BCUT2D eigenvalue weighted by molar-refractivity contribution is 0.0271. The van der Waals surface area contributed by atoms with Crippen LogP contribution in [0, 0.1) is 0 Å². The summed E-state index contributed by atoms with van der Waals surface area (Å²) in [6, 6.07) is 0.179. The summed E-state index contributed by atoms with van der Waals surface area (Å²) in [6.07, 6.45) is 5.24. The second-order valence-electron chi connectivity index (χ2n) is 6.32. The highest BCUT2D eigenvalue weighted by Gasteiger charge is 2.32. The largest absolute Gasteiger partial charge is 0.443 e. The number of hydrogen-bond acceptors (Lipinski definition) is 3. The van der Waals surface area contributed by atoms with E-state index in [1.54, 1.807) is 9.80 Å². The third kappa shape index (κ3) is 4.97. The molecule has 0 atom stereocenters. The summed E-state index contributed by atoms with van der Waals surface area (Å²) in [4.78, 5) is 15.9. The zero-order chi connectivity index (χ0) is 14.6. The smallest absolute Gasteiger partial charge is 0.416 e. The van der Waals surface area contributed by atoms with Crippen LogP contribution in [0.2, 0.25) is 0 Å². The molecular weight excluding hydrogens is 260 g/mol. The highest BCUT2D eigenvalue weighted by atomic mass is 32.1. The lowest BCUT2D eigenvalue weighted by atomic mass is 9.94. The molecule has 0 aliphatic heterocycles. The maximum atomic E-state index is 12.4. The van der Waals surface area contributed by atoms with E-state index in [4.69, 9.17) is 17.0 Å². The Morgan fingerprint density at radius 3 is 2.11 bits per heavy atom. The Morgan fingerprint density at radius 1 is 1.16 bits per heavy atom. The summed E-state index contributed by atoms with van der Waals surface area (Å²) in [5, 5.41) is 0.543. The number of rotatable bonds is 1. The third-order valence-electron chi connectivity index (χ3n) is 3.12. The Kier molecular flexibility index (Phi) is 5.59. The molecule has 0 bridgehead atoms. The van der Waals surface area contributed by atoms with Gasteiger partial charge in [-0.25, -0.2) is 4.79 Å². The number of thiocarbonyl (C=S) groups is 1. The fourth-order valence-corrected chi connectivity index (χ4v) is 2.47. The summed E-state index contributed by atoms with van der Waals surface area (Å²) in [7, 11) is 3.73. The first kappa shape index (κ1) is 16.2. The van der Waals surface area contributed by atoms with Crippen molar-refractivity contribution in [2.75, 3.05) is 14.1 Å². The maximum absolute atomic E-state index is 12.4. The summed E-state index contributed by atoms with van der Waals surface area (Å²) in [5.74, 6) is 0. The summed E-state index contributed by atoms with van der Waals surface area (Å²) >= 11 is 5.40. The molecule has 110 valence electrons. The van der Waals surface area contributed by atoms with Crippen molar-refractivity contribution in [3.8, 4) is 0 Å². The number of hydrogen-bond donors (Lipinski definition) is 0. The first-order chi connectivity index (χ1) is 8.72. The van der Waals surface area contributed by atoms with Crippen LogP contribution in [-0.2, 0) is 4.74 Å². The van der Waals surface area contributed by atoms with E-state index in [1.807, 2.05) is 34.9 Å². The van der Waals surface area contributed by atoms with Gasteiger partial charge in [-0.15, -0.1) is 0 Å². The van der Waals surface area contributed by atoms with Crippen LogP contribution in [0.4, 0.5) is 4.79 Å². The minimum Gasteiger partial charge on any atom is -0.443 e. The Labute approximate surface area is 122 Å². The molecule has 0 radical (unpaired) electrons. The minimum absolute atomic E-state index is 0.179. The van der Waals surface area contributed by atoms with Gasteiger partial charge in [0.05, 0.1) is 0 Å². The van der Waals surface area contributed by atoms with E-state index in [-0.39, 0.29) is 12.1 Å². The molecule has 0 aromatic rings. The van der Waals surface area contributed by atoms with Crippen LogP contribution in [0.25, 0.3) is 0 Å². The van der Waals surface area contributed by atoms with Crippen molar-refractivity contribution in [2.24, 2.45) is 0 Å². The molecule has 1 fully saturated rings. The Hall–Kier alpha value is -0.840. The number of nitrogens with zero attached hydrogens (tertiary/aromatic N) is 2. The zero-order valence-corrected chi connectivity index (χ0v) is 13.5. The topological polar surface area (TPSA) is 32.8 Å². The van der Waals surface area contributed by atoms with Crippen molar-refractivity contribution in [3.63, 3.8) is 0 Å². The van der Waals surface area contributed by atoms with Gasteiger partial charge in [0, 0.05) is 20.1 Å². The van der Waals surface area contributed by atoms with E-state index in [0.717, 1.165) is 25.7 Å². The van der Waals surface area contributed by atoms with Gasteiger partial charge >= 0.3 is 6.09 Å². The van der Waals surface area contributed by atoms with E-state index in [9.17, 15) is 4.79 Å². The fraction of sp³-hybridized carbons (Fsp3) is 0.857. The number of ether oxygens (including phenoxy) is 1. The molecule has 0 heterocycles. The van der Waals surface area contributed by atoms with Crippen molar-refractivity contribution in [2.45, 2.75) is 64.5 Å². The van der Waals surface area contributed by atoms with Crippen LogP contribution in [0.3, 0.4) is 0 Å². The predicted molar refractivity (Wildman–Crippen MR) is 81.2 cm³/mol. The Balaban J connectivity index is 2.85. The molecule has 0 unspecified atom stereocenters. The molecule has 1 saturated carbocycles. The van der Waals surface area contributed by atoms with Gasteiger partial charge < -0.3 is 9.64 Å². The Morgan fingerprint density at radius 2 is 1.68 bits per heavy atom. The summed E-state index contributed by atoms with van der Waals surface area (Å²) in [6.45, 7) is 5.63. The fourth-order valence-electron chi connectivity index (χ4n) is 2.25. The summed E-state index contributed by atoms with van der Waals surface area (Å²) < 4.78 is 5.50. The molecule has 0 aromatic heterocycles. The Bertz CT molecular complexity index is 331. The van der Waals surface area contributed by atoms with Gasteiger partial charge in [-0.2, -0.15) is 0 Å². The van der Waals surface area contributed by atoms with Crippen LogP contribution in [0.1, 0.15) is 52.9 Å². The standard InChI is InChI=1S/C14H26N2O2S/c1-14(2,3)18-13(17)16(12(19)15(4)5)11-9-7-6-8-10-11/h11H,6-10H2,1-5H3. The molecule has 5 heteroatoms. The van der Waals surface area contributed by atoms with Gasteiger partial charge in [-0.1, -0.05) is 19.3 Å². The second kappa shape index (κ2) is 6.55. The highest BCUT2D eigenvalue weighted by molar-refractivity contribution is 7.80. The van der Waals surface area contributed by atoms with Crippen LogP contribution in [0.15, 0.2) is 0 Å². The van der Waals surface area contributed by atoms with Gasteiger partial charge in [-0.3, -0.25) is 4.90 Å². The van der Waals surface area contributed by atoms with Crippen molar-refractivity contribution in [3.05, 3.63) is 0 Å². The number of carbonyl (C=O) groups is 1. The van der Waals surface area contributed by atoms with E-state index in [0.29, 0.717) is 5.11 Å². The van der Waals surface area contributed by atoms with E-state index in [1.165, 1.54) is 6.42 Å². The maximum Gasteiger partial charge on any atom is 0.416 e. The monoisotopic (exact) mass is 286 g/mol. The van der Waals surface area contributed by atoms with Crippen molar-refractivity contribution < 1.29 is 9.53 Å². The molecule has 0 N–H and O–H groups in total. The van der Waals surface area contributed by atoms with Crippen molar-refractivity contribution in [1.82, 2.24) is 9.80 Å². The normalized spacial score (nSPS) is 16.9. The highest BCUT2D eigenvalue weighted by Crippen LogP contribution is 2.25. The molecule has 1 rings (SSSR count). The van der Waals surface area contributed by atoms with Crippen LogP contribution in [-0.4, -0.2) is 46.7 Å². The van der Waals surface area contributed by atoms with Gasteiger partial charge in [0.15, 0.2) is 5.11 Å². The first-order valence-electron chi connectivity index (χ1n) is 6.96. The van der Waals surface area contributed by atoms with Crippen molar-refractivity contribution >= 4 is 23.4 Å². The minimum atomic E-state index is -0.494. The van der Waals surface area contributed by atoms with Gasteiger partial charge in [-0.05, 0) is 45.8 Å². The predicted octanol–water partition coefficient (Wildman–Crippen LogP) is 3.40. The number of amides is 1. The van der Waals surface area contributed by atoms with Gasteiger partial charge in [0.1, 0.15) is 5.60 Å². The van der Waals surface area contributed by atoms with Crippen LogP contribution in [0.5, 0.6) is 0 Å². The number of carbonyl (C=O) groups excluding carboxylic acids is 1. The van der Waals surface area contributed by atoms with E-state index < -0.39 is 5.60 Å². The lowest BCUT2D eigenvalue weighted by Crippen LogP contribution is -2.51. The molecule has 19 heavy (non-hydrogen) atoms. The van der Waals surface area contributed by atoms with Crippen LogP contribution < -0.4 is 0 Å². The van der Waals surface area contributed by atoms with Gasteiger partial charge in [0.25, 0.3) is 0 Å².